The Morgan fingerprint density at radius 3 is 1.75 bits per heavy atom. The monoisotopic (exact) mass is 168 g/mol. The van der Waals surface area contributed by atoms with Gasteiger partial charge >= 0.3 is 0 Å². The van der Waals surface area contributed by atoms with Crippen LogP contribution in [0.2, 0.25) is 0 Å². The number of hydrogen-bond acceptors (Lipinski definition) is 2. The molecule has 68 valence electrons. The Balaban J connectivity index is 1.74. The van der Waals surface area contributed by atoms with Gasteiger partial charge in [0.15, 0.2) is 0 Å². The van der Waals surface area contributed by atoms with E-state index in [-0.39, 0.29) is 11.2 Å². The number of ether oxygens (including phenoxy) is 2. The highest BCUT2D eigenvalue weighted by molar-refractivity contribution is 5.08. The fourth-order valence-corrected chi connectivity index (χ4v) is 2.55. The summed E-state index contributed by atoms with van der Waals surface area (Å²) in [6.45, 7) is 4.48. The van der Waals surface area contributed by atoms with Crippen molar-refractivity contribution in [2.75, 3.05) is 0 Å². The van der Waals surface area contributed by atoms with Crippen molar-refractivity contribution in [1.29, 1.82) is 0 Å². The molecule has 3 rings (SSSR count). The molecule has 2 heteroatoms. The third kappa shape index (κ3) is 0.882. The van der Waals surface area contributed by atoms with Crippen LogP contribution in [0.3, 0.4) is 0 Å². The minimum absolute atomic E-state index is 0.222. The lowest BCUT2D eigenvalue weighted by Gasteiger charge is -2.12. The molecule has 1 aliphatic carbocycles. The van der Waals surface area contributed by atoms with E-state index in [1.54, 1.807) is 0 Å². The molecule has 3 aliphatic rings. The number of epoxide rings is 2. The fourth-order valence-electron chi connectivity index (χ4n) is 2.55. The predicted octanol–water partition coefficient (Wildman–Crippen LogP) is 1.88. The largest absolute Gasteiger partial charge is 0.366 e. The van der Waals surface area contributed by atoms with Gasteiger partial charge in [0.2, 0.25) is 0 Å². The van der Waals surface area contributed by atoms with Gasteiger partial charge in [0.25, 0.3) is 0 Å². The molecule has 3 fully saturated rings. The zero-order chi connectivity index (χ0) is 8.40. The molecular formula is C10H16O2. The molecular weight excluding hydrogens is 152 g/mol. The van der Waals surface area contributed by atoms with Crippen LogP contribution in [0.5, 0.6) is 0 Å². The Hall–Kier alpha value is -0.0800. The molecule has 4 unspecified atom stereocenters. The molecule has 2 aliphatic heterocycles. The minimum atomic E-state index is 0.222. The van der Waals surface area contributed by atoms with Crippen LogP contribution < -0.4 is 0 Å². The zero-order valence-electron chi connectivity index (χ0n) is 7.80. The van der Waals surface area contributed by atoms with Gasteiger partial charge in [-0.25, -0.2) is 0 Å². The summed E-state index contributed by atoms with van der Waals surface area (Å²) in [5, 5.41) is 0. The van der Waals surface area contributed by atoms with Crippen LogP contribution >= 0.6 is 0 Å². The fraction of sp³-hybridized carbons (Fsp3) is 1.00. The Kier molecular flexibility index (Phi) is 1.15. The van der Waals surface area contributed by atoms with Crippen LogP contribution in [0.1, 0.15) is 39.5 Å². The summed E-state index contributed by atoms with van der Waals surface area (Å²) in [5.41, 5.74) is 0.444. The highest BCUT2D eigenvalue weighted by atomic mass is 16.6. The predicted molar refractivity (Wildman–Crippen MR) is 45.0 cm³/mol. The molecule has 0 radical (unpaired) electrons. The van der Waals surface area contributed by atoms with E-state index < -0.39 is 0 Å². The second-order valence-corrected chi connectivity index (χ2v) is 4.92. The van der Waals surface area contributed by atoms with Crippen LogP contribution in [-0.4, -0.2) is 23.4 Å². The van der Waals surface area contributed by atoms with Crippen molar-refractivity contribution in [3.63, 3.8) is 0 Å². The van der Waals surface area contributed by atoms with Gasteiger partial charge < -0.3 is 9.47 Å². The lowest BCUT2D eigenvalue weighted by molar-refractivity contribution is 0.242. The summed E-state index contributed by atoms with van der Waals surface area (Å²) in [6, 6.07) is 0. The van der Waals surface area contributed by atoms with Gasteiger partial charge in [-0.15, -0.1) is 0 Å². The van der Waals surface area contributed by atoms with Crippen LogP contribution in [0.4, 0.5) is 0 Å². The van der Waals surface area contributed by atoms with E-state index >= 15 is 0 Å². The van der Waals surface area contributed by atoms with Crippen molar-refractivity contribution in [3.8, 4) is 0 Å². The molecule has 1 saturated carbocycles. The van der Waals surface area contributed by atoms with Crippen LogP contribution in [0.15, 0.2) is 0 Å². The van der Waals surface area contributed by atoms with Crippen molar-refractivity contribution < 1.29 is 9.47 Å². The topological polar surface area (TPSA) is 25.1 Å². The first-order valence-electron chi connectivity index (χ1n) is 4.98. The van der Waals surface area contributed by atoms with Crippen LogP contribution in [0.25, 0.3) is 0 Å². The van der Waals surface area contributed by atoms with Gasteiger partial charge in [0, 0.05) is 0 Å². The average molecular weight is 168 g/mol. The normalized spacial score (nSPS) is 62.5. The number of hydrogen-bond donors (Lipinski definition) is 0. The Morgan fingerprint density at radius 1 is 0.917 bits per heavy atom. The molecule has 0 N–H and O–H groups in total. The lowest BCUT2D eigenvalue weighted by Crippen LogP contribution is -2.20. The Labute approximate surface area is 73.2 Å². The molecule has 0 amide bonds. The minimum Gasteiger partial charge on any atom is -0.366 e. The first-order valence-corrected chi connectivity index (χ1v) is 4.98. The molecule has 2 heterocycles. The van der Waals surface area contributed by atoms with Crippen molar-refractivity contribution in [3.05, 3.63) is 0 Å². The molecule has 2 nitrogen and oxygen atoms in total. The SMILES string of the molecule is CC12CCC3(C)OC3CCC1O2. The molecule has 0 aromatic heterocycles. The Morgan fingerprint density at radius 2 is 1.33 bits per heavy atom. The maximum absolute atomic E-state index is 5.68. The van der Waals surface area contributed by atoms with Crippen LogP contribution in [-0.2, 0) is 9.47 Å². The van der Waals surface area contributed by atoms with E-state index in [0.717, 1.165) is 0 Å². The van der Waals surface area contributed by atoms with Crippen molar-refractivity contribution in [2.24, 2.45) is 0 Å². The highest BCUT2D eigenvalue weighted by Gasteiger charge is 2.60. The van der Waals surface area contributed by atoms with E-state index in [1.165, 1.54) is 25.7 Å². The van der Waals surface area contributed by atoms with E-state index in [1.807, 2.05) is 0 Å². The van der Waals surface area contributed by atoms with Crippen molar-refractivity contribution in [2.45, 2.75) is 62.9 Å². The highest BCUT2D eigenvalue weighted by Crippen LogP contribution is 2.53. The van der Waals surface area contributed by atoms with Crippen molar-refractivity contribution >= 4 is 0 Å². The third-order valence-corrected chi connectivity index (χ3v) is 3.88. The summed E-state index contributed by atoms with van der Waals surface area (Å²) in [5.74, 6) is 0. The maximum atomic E-state index is 5.68. The van der Waals surface area contributed by atoms with E-state index in [0.29, 0.717) is 12.2 Å². The van der Waals surface area contributed by atoms with Gasteiger partial charge in [-0.1, -0.05) is 0 Å². The van der Waals surface area contributed by atoms with E-state index in [4.69, 9.17) is 9.47 Å². The summed E-state index contributed by atoms with van der Waals surface area (Å²) >= 11 is 0. The zero-order valence-corrected chi connectivity index (χ0v) is 7.80. The first-order chi connectivity index (χ1) is 5.62. The Bertz CT molecular complexity index is 204. The average Bonchev–Trinajstić information content (AvgIpc) is 2.84. The standard InChI is InChI=1S/C10H16O2/c1-9-5-6-10(2)8(12-10)4-3-7(9)11-9/h7-8H,3-6H2,1-2H3. The molecule has 0 bridgehead atoms. The second-order valence-electron chi connectivity index (χ2n) is 4.92. The van der Waals surface area contributed by atoms with Crippen LogP contribution in [0, 0.1) is 0 Å². The molecule has 0 spiro atoms. The smallest absolute Gasteiger partial charge is 0.0921 e. The molecule has 0 aromatic carbocycles. The van der Waals surface area contributed by atoms with Gasteiger partial charge in [0.05, 0.1) is 23.4 Å². The molecule has 0 aromatic rings. The summed E-state index contributed by atoms with van der Waals surface area (Å²) < 4.78 is 11.4. The lowest BCUT2D eigenvalue weighted by atomic mass is 9.87. The van der Waals surface area contributed by atoms with E-state index in [9.17, 15) is 0 Å². The van der Waals surface area contributed by atoms with Crippen molar-refractivity contribution in [1.82, 2.24) is 0 Å². The maximum Gasteiger partial charge on any atom is 0.0921 e. The van der Waals surface area contributed by atoms with Gasteiger partial charge in [-0.3, -0.25) is 0 Å². The number of fused-ring (bicyclic) bond motifs is 2. The summed E-state index contributed by atoms with van der Waals surface area (Å²) in [6.07, 6.45) is 5.88. The molecule has 4 atom stereocenters. The quantitative estimate of drug-likeness (QED) is 0.516. The van der Waals surface area contributed by atoms with Gasteiger partial charge in [-0.2, -0.15) is 0 Å². The second kappa shape index (κ2) is 1.88. The molecule has 2 saturated heterocycles. The van der Waals surface area contributed by atoms with Gasteiger partial charge in [0.1, 0.15) is 0 Å². The van der Waals surface area contributed by atoms with E-state index in [2.05, 4.69) is 13.8 Å². The first kappa shape index (κ1) is 7.34. The summed E-state index contributed by atoms with van der Waals surface area (Å²) in [4.78, 5) is 0. The summed E-state index contributed by atoms with van der Waals surface area (Å²) in [7, 11) is 0. The third-order valence-electron chi connectivity index (χ3n) is 3.88. The van der Waals surface area contributed by atoms with Gasteiger partial charge in [-0.05, 0) is 39.5 Å². The number of rotatable bonds is 0. The molecule has 12 heavy (non-hydrogen) atoms.